The molecule has 2 rings (SSSR count). The van der Waals surface area contributed by atoms with Crippen LogP contribution < -0.4 is 0 Å². The first-order chi connectivity index (χ1) is 11.2. The van der Waals surface area contributed by atoms with Crippen LogP contribution >= 0.6 is 0 Å². The summed E-state index contributed by atoms with van der Waals surface area (Å²) in [5.41, 5.74) is 0.662. The van der Waals surface area contributed by atoms with Gasteiger partial charge in [0.15, 0.2) is 9.84 Å². The molecule has 0 heterocycles. The summed E-state index contributed by atoms with van der Waals surface area (Å²) in [4.78, 5) is 12.2. The molecule has 0 saturated carbocycles. The molecule has 1 atom stereocenters. The number of carbonyl (C=O) groups is 1. The molecule has 0 radical (unpaired) electrons. The Labute approximate surface area is 139 Å². The SMILES string of the molecule is C[C@H](OC(=O)c1cccc(CS(C)(=O)=O)c1)c1ccc(F)cc1F. The minimum absolute atomic E-state index is 0.0528. The lowest BCUT2D eigenvalue weighted by Gasteiger charge is -2.15. The third-order valence-electron chi connectivity index (χ3n) is 3.28. The average molecular weight is 354 g/mol. The summed E-state index contributed by atoms with van der Waals surface area (Å²) in [6.07, 6.45) is 0.175. The molecule has 24 heavy (non-hydrogen) atoms. The van der Waals surface area contributed by atoms with Crippen LogP contribution in [-0.2, 0) is 20.3 Å². The second-order valence-corrected chi connectivity index (χ2v) is 7.62. The number of sulfone groups is 1. The van der Waals surface area contributed by atoms with E-state index in [2.05, 4.69) is 0 Å². The van der Waals surface area contributed by atoms with Crippen molar-refractivity contribution in [3.63, 3.8) is 0 Å². The van der Waals surface area contributed by atoms with Crippen molar-refractivity contribution in [2.24, 2.45) is 0 Å². The quantitative estimate of drug-likeness (QED) is 0.772. The molecule has 0 saturated heterocycles. The Kier molecular flexibility index (Phi) is 5.33. The zero-order chi connectivity index (χ0) is 17.9. The summed E-state index contributed by atoms with van der Waals surface area (Å²) in [6.45, 7) is 1.47. The van der Waals surface area contributed by atoms with Gasteiger partial charge in [0.2, 0.25) is 0 Å². The van der Waals surface area contributed by atoms with Crippen LogP contribution in [0.3, 0.4) is 0 Å². The molecule has 0 fully saturated rings. The maximum absolute atomic E-state index is 13.7. The van der Waals surface area contributed by atoms with E-state index in [1.54, 1.807) is 12.1 Å². The number of halogens is 2. The first-order valence-electron chi connectivity index (χ1n) is 7.08. The lowest BCUT2D eigenvalue weighted by molar-refractivity contribution is 0.0331. The maximum atomic E-state index is 13.7. The molecule has 128 valence electrons. The van der Waals surface area contributed by atoms with Gasteiger partial charge in [0.1, 0.15) is 17.7 Å². The van der Waals surface area contributed by atoms with Gasteiger partial charge < -0.3 is 4.74 Å². The number of benzene rings is 2. The fourth-order valence-corrected chi connectivity index (χ4v) is 3.00. The van der Waals surface area contributed by atoms with E-state index in [-0.39, 0.29) is 16.9 Å². The molecule has 0 aliphatic rings. The van der Waals surface area contributed by atoms with E-state index >= 15 is 0 Å². The van der Waals surface area contributed by atoms with Crippen LogP contribution in [0.1, 0.15) is 34.5 Å². The number of esters is 1. The summed E-state index contributed by atoms with van der Waals surface area (Å²) < 4.78 is 54.4. The van der Waals surface area contributed by atoms with Gasteiger partial charge in [0, 0.05) is 17.9 Å². The lowest BCUT2D eigenvalue weighted by Crippen LogP contribution is -2.11. The standard InChI is InChI=1S/C17H16F2O4S/c1-11(15-7-6-14(18)9-16(15)19)23-17(20)13-5-3-4-12(8-13)10-24(2,21)22/h3-9,11H,10H2,1-2H3/t11-/m0/s1. The molecule has 0 N–H and O–H groups in total. The van der Waals surface area contributed by atoms with Crippen LogP contribution in [0.25, 0.3) is 0 Å². The van der Waals surface area contributed by atoms with Crippen molar-refractivity contribution in [2.75, 3.05) is 6.26 Å². The second-order valence-electron chi connectivity index (χ2n) is 5.48. The van der Waals surface area contributed by atoms with Crippen molar-refractivity contribution in [1.29, 1.82) is 0 Å². The molecular weight excluding hydrogens is 338 g/mol. The van der Waals surface area contributed by atoms with E-state index < -0.39 is 33.5 Å². The Morgan fingerprint density at radius 2 is 1.88 bits per heavy atom. The van der Waals surface area contributed by atoms with Crippen LogP contribution in [0.5, 0.6) is 0 Å². The Balaban J connectivity index is 2.16. The van der Waals surface area contributed by atoms with E-state index in [0.29, 0.717) is 11.6 Å². The molecule has 0 spiro atoms. The number of ether oxygens (including phenoxy) is 1. The molecular formula is C17H16F2O4S. The third kappa shape index (κ3) is 4.86. The highest BCUT2D eigenvalue weighted by Crippen LogP contribution is 2.22. The van der Waals surface area contributed by atoms with Gasteiger partial charge in [-0.15, -0.1) is 0 Å². The van der Waals surface area contributed by atoms with E-state index in [9.17, 15) is 22.0 Å². The highest BCUT2D eigenvalue weighted by atomic mass is 32.2. The summed E-state index contributed by atoms with van der Waals surface area (Å²) >= 11 is 0. The molecule has 7 heteroatoms. The summed E-state index contributed by atoms with van der Waals surface area (Å²) in [7, 11) is -3.23. The van der Waals surface area contributed by atoms with Gasteiger partial charge in [0.05, 0.1) is 11.3 Å². The summed E-state index contributed by atoms with van der Waals surface area (Å²) in [5, 5.41) is 0. The van der Waals surface area contributed by atoms with Gasteiger partial charge in [0.25, 0.3) is 0 Å². The monoisotopic (exact) mass is 354 g/mol. The smallest absolute Gasteiger partial charge is 0.338 e. The Bertz CT molecular complexity index is 863. The third-order valence-corrected chi connectivity index (χ3v) is 4.13. The Morgan fingerprint density at radius 3 is 2.50 bits per heavy atom. The van der Waals surface area contributed by atoms with Gasteiger partial charge in [-0.3, -0.25) is 0 Å². The molecule has 0 aliphatic carbocycles. The fraction of sp³-hybridized carbons (Fsp3) is 0.235. The normalized spacial score (nSPS) is 12.7. The first kappa shape index (κ1) is 18.1. The maximum Gasteiger partial charge on any atom is 0.338 e. The highest BCUT2D eigenvalue weighted by Gasteiger charge is 2.18. The Hall–Kier alpha value is -2.28. The van der Waals surface area contributed by atoms with E-state index in [4.69, 9.17) is 4.74 Å². The largest absolute Gasteiger partial charge is 0.454 e. The van der Waals surface area contributed by atoms with Crippen molar-refractivity contribution in [3.8, 4) is 0 Å². The van der Waals surface area contributed by atoms with E-state index in [1.807, 2.05) is 0 Å². The van der Waals surface area contributed by atoms with Crippen molar-refractivity contribution in [3.05, 3.63) is 70.8 Å². The molecule has 0 amide bonds. The molecule has 4 nitrogen and oxygen atoms in total. The fourth-order valence-electron chi connectivity index (χ4n) is 2.21. The molecule has 0 unspecified atom stereocenters. The van der Waals surface area contributed by atoms with Crippen molar-refractivity contribution in [2.45, 2.75) is 18.8 Å². The molecule has 0 bridgehead atoms. The van der Waals surface area contributed by atoms with Crippen LogP contribution in [0.15, 0.2) is 42.5 Å². The molecule has 2 aromatic rings. The predicted molar refractivity (Wildman–Crippen MR) is 85.2 cm³/mol. The van der Waals surface area contributed by atoms with Gasteiger partial charge in [-0.05, 0) is 36.8 Å². The van der Waals surface area contributed by atoms with Crippen molar-refractivity contribution in [1.82, 2.24) is 0 Å². The van der Waals surface area contributed by atoms with Gasteiger partial charge in [-0.1, -0.05) is 12.1 Å². The van der Waals surface area contributed by atoms with Crippen molar-refractivity contribution >= 4 is 15.8 Å². The van der Waals surface area contributed by atoms with Crippen molar-refractivity contribution < 1.29 is 26.7 Å². The lowest BCUT2D eigenvalue weighted by atomic mass is 10.1. The zero-order valence-electron chi connectivity index (χ0n) is 13.1. The topological polar surface area (TPSA) is 60.4 Å². The van der Waals surface area contributed by atoms with E-state index in [1.165, 1.54) is 25.1 Å². The number of rotatable bonds is 5. The van der Waals surface area contributed by atoms with Crippen LogP contribution in [-0.4, -0.2) is 20.6 Å². The number of carbonyl (C=O) groups excluding carboxylic acids is 1. The first-order valence-corrected chi connectivity index (χ1v) is 9.14. The van der Waals surface area contributed by atoms with Crippen LogP contribution in [0.4, 0.5) is 8.78 Å². The number of hydrogen-bond acceptors (Lipinski definition) is 4. The van der Waals surface area contributed by atoms with Crippen LogP contribution in [0.2, 0.25) is 0 Å². The molecule has 0 aliphatic heterocycles. The average Bonchev–Trinajstić information content (AvgIpc) is 2.45. The minimum atomic E-state index is -3.23. The van der Waals surface area contributed by atoms with E-state index in [0.717, 1.165) is 12.3 Å². The van der Waals surface area contributed by atoms with Gasteiger partial charge in [-0.25, -0.2) is 22.0 Å². The highest BCUT2D eigenvalue weighted by molar-refractivity contribution is 7.89. The zero-order valence-corrected chi connectivity index (χ0v) is 13.9. The molecule has 0 aromatic heterocycles. The number of hydrogen-bond donors (Lipinski definition) is 0. The molecule has 2 aromatic carbocycles. The summed E-state index contributed by atoms with van der Waals surface area (Å²) in [6, 6.07) is 9.02. The van der Waals surface area contributed by atoms with Crippen LogP contribution in [0, 0.1) is 11.6 Å². The van der Waals surface area contributed by atoms with Gasteiger partial charge in [-0.2, -0.15) is 0 Å². The minimum Gasteiger partial charge on any atom is -0.454 e. The Morgan fingerprint density at radius 1 is 1.17 bits per heavy atom. The predicted octanol–water partition coefficient (Wildman–Crippen LogP) is 3.43. The summed E-state index contributed by atoms with van der Waals surface area (Å²) in [5.74, 6) is -2.44. The second kappa shape index (κ2) is 7.09. The van der Waals surface area contributed by atoms with Gasteiger partial charge >= 0.3 is 5.97 Å².